The van der Waals surface area contributed by atoms with E-state index in [0.29, 0.717) is 0 Å². The van der Waals surface area contributed by atoms with E-state index in [4.69, 9.17) is 4.98 Å². The Morgan fingerprint density at radius 3 is 2.35 bits per heavy atom. The molecule has 1 fully saturated rings. The number of benzene rings is 2. The van der Waals surface area contributed by atoms with Crippen LogP contribution in [0.1, 0.15) is 35.4 Å². The van der Waals surface area contributed by atoms with Gasteiger partial charge in [0.15, 0.2) is 0 Å². The summed E-state index contributed by atoms with van der Waals surface area (Å²) < 4.78 is 0. The minimum Gasteiger partial charge on any atom is -0.372 e. The molecule has 0 spiro atoms. The molecule has 4 rings (SSSR count). The molecule has 1 saturated heterocycles. The van der Waals surface area contributed by atoms with Crippen LogP contribution in [0.5, 0.6) is 0 Å². The molecular formula is C23H24N2S. The number of thiazole rings is 1. The number of anilines is 1. The predicted octanol–water partition coefficient (Wildman–Crippen LogP) is 6.28. The molecule has 0 bridgehead atoms. The normalized spacial score (nSPS) is 14.9. The fourth-order valence-corrected chi connectivity index (χ4v) is 4.06. The first-order chi connectivity index (χ1) is 12.8. The van der Waals surface area contributed by atoms with Gasteiger partial charge in [-0.15, -0.1) is 11.3 Å². The number of piperidine rings is 1. The summed E-state index contributed by atoms with van der Waals surface area (Å²) in [6.45, 7) is 4.49. The second-order valence-corrected chi connectivity index (χ2v) is 7.80. The van der Waals surface area contributed by atoms with Crippen LogP contribution >= 0.6 is 11.3 Å². The summed E-state index contributed by atoms with van der Waals surface area (Å²) in [6.07, 6.45) is 8.26. The fraction of sp³-hybridized carbons (Fsp3) is 0.261. The number of nitrogens with zero attached hydrogens (tertiary/aromatic N) is 2. The van der Waals surface area contributed by atoms with Crippen molar-refractivity contribution in [1.29, 1.82) is 0 Å². The van der Waals surface area contributed by atoms with Gasteiger partial charge in [0.05, 0.1) is 5.69 Å². The summed E-state index contributed by atoms with van der Waals surface area (Å²) in [5, 5.41) is 3.17. The topological polar surface area (TPSA) is 16.1 Å². The summed E-state index contributed by atoms with van der Waals surface area (Å²) in [5.41, 5.74) is 6.07. The van der Waals surface area contributed by atoms with E-state index in [1.54, 1.807) is 11.3 Å². The Balaban J connectivity index is 1.44. The van der Waals surface area contributed by atoms with Crippen molar-refractivity contribution in [3.05, 3.63) is 70.0 Å². The maximum absolute atomic E-state index is 4.74. The summed E-state index contributed by atoms with van der Waals surface area (Å²) in [6, 6.07) is 17.4. The molecule has 2 nitrogen and oxygen atoms in total. The van der Waals surface area contributed by atoms with Gasteiger partial charge in [-0.05, 0) is 50.0 Å². The lowest BCUT2D eigenvalue weighted by molar-refractivity contribution is 0.578. The van der Waals surface area contributed by atoms with Crippen LogP contribution in [0, 0.1) is 6.92 Å². The predicted molar refractivity (Wildman–Crippen MR) is 114 cm³/mol. The second kappa shape index (κ2) is 7.88. The van der Waals surface area contributed by atoms with Gasteiger partial charge in [0.2, 0.25) is 0 Å². The Labute approximate surface area is 159 Å². The van der Waals surface area contributed by atoms with Gasteiger partial charge < -0.3 is 4.90 Å². The van der Waals surface area contributed by atoms with E-state index in [0.717, 1.165) is 10.7 Å². The Bertz CT molecular complexity index is 869. The third-order valence-electron chi connectivity index (χ3n) is 4.90. The van der Waals surface area contributed by atoms with Crippen LogP contribution in [-0.2, 0) is 0 Å². The lowest BCUT2D eigenvalue weighted by Gasteiger charge is -2.28. The van der Waals surface area contributed by atoms with Crippen molar-refractivity contribution in [3.8, 4) is 11.3 Å². The van der Waals surface area contributed by atoms with Crippen molar-refractivity contribution in [2.45, 2.75) is 26.2 Å². The van der Waals surface area contributed by atoms with E-state index in [1.165, 1.54) is 54.7 Å². The second-order valence-electron chi connectivity index (χ2n) is 6.91. The average molecular weight is 361 g/mol. The minimum absolute atomic E-state index is 1.04. The van der Waals surface area contributed by atoms with Crippen molar-refractivity contribution >= 4 is 29.2 Å². The molecule has 0 saturated carbocycles. The van der Waals surface area contributed by atoms with E-state index in [2.05, 4.69) is 77.9 Å². The summed E-state index contributed by atoms with van der Waals surface area (Å²) >= 11 is 1.69. The highest BCUT2D eigenvalue weighted by atomic mass is 32.1. The molecule has 0 unspecified atom stereocenters. The zero-order valence-electron chi connectivity index (χ0n) is 15.2. The van der Waals surface area contributed by atoms with E-state index in [-0.39, 0.29) is 0 Å². The molecule has 2 heterocycles. The molecule has 26 heavy (non-hydrogen) atoms. The molecule has 132 valence electrons. The number of aryl methyl sites for hydroxylation is 1. The van der Waals surface area contributed by atoms with Crippen LogP contribution in [0.4, 0.5) is 5.69 Å². The van der Waals surface area contributed by atoms with Crippen LogP contribution < -0.4 is 4.90 Å². The first kappa shape index (κ1) is 17.0. The monoisotopic (exact) mass is 360 g/mol. The van der Waals surface area contributed by atoms with E-state index < -0.39 is 0 Å². The number of hydrogen-bond acceptors (Lipinski definition) is 3. The largest absolute Gasteiger partial charge is 0.372 e. The Kier molecular flexibility index (Phi) is 5.16. The first-order valence-corrected chi connectivity index (χ1v) is 10.2. The van der Waals surface area contributed by atoms with E-state index in [9.17, 15) is 0 Å². The zero-order chi connectivity index (χ0) is 17.8. The van der Waals surface area contributed by atoms with E-state index >= 15 is 0 Å². The third-order valence-corrected chi connectivity index (χ3v) is 5.71. The molecule has 1 aliphatic rings. The lowest BCUT2D eigenvalue weighted by Crippen LogP contribution is -2.29. The maximum atomic E-state index is 4.74. The number of aromatic nitrogens is 1. The van der Waals surface area contributed by atoms with Crippen molar-refractivity contribution in [1.82, 2.24) is 4.98 Å². The van der Waals surface area contributed by atoms with Crippen molar-refractivity contribution in [2.75, 3.05) is 18.0 Å². The quantitative estimate of drug-likeness (QED) is 0.544. The van der Waals surface area contributed by atoms with Crippen LogP contribution in [0.15, 0.2) is 53.9 Å². The van der Waals surface area contributed by atoms with Crippen molar-refractivity contribution < 1.29 is 0 Å². The Morgan fingerprint density at radius 2 is 1.62 bits per heavy atom. The van der Waals surface area contributed by atoms with Crippen LogP contribution in [0.2, 0.25) is 0 Å². The van der Waals surface area contributed by atoms with E-state index in [1.807, 2.05) is 0 Å². The van der Waals surface area contributed by atoms with Crippen molar-refractivity contribution in [2.24, 2.45) is 0 Å². The van der Waals surface area contributed by atoms with Crippen molar-refractivity contribution in [3.63, 3.8) is 0 Å². The molecule has 3 aromatic rings. The lowest BCUT2D eigenvalue weighted by atomic mass is 10.1. The minimum atomic E-state index is 1.04. The highest BCUT2D eigenvalue weighted by Gasteiger charge is 2.10. The molecule has 0 atom stereocenters. The molecular weight excluding hydrogens is 336 g/mol. The molecule has 0 N–H and O–H groups in total. The zero-order valence-corrected chi connectivity index (χ0v) is 16.0. The number of hydrogen-bond donors (Lipinski definition) is 0. The molecule has 0 aliphatic carbocycles. The van der Waals surface area contributed by atoms with Gasteiger partial charge in [-0.1, -0.05) is 48.0 Å². The smallest absolute Gasteiger partial charge is 0.116 e. The summed E-state index contributed by atoms with van der Waals surface area (Å²) in [7, 11) is 0. The third kappa shape index (κ3) is 4.05. The Hall–Kier alpha value is -2.39. The fourth-order valence-electron chi connectivity index (χ4n) is 3.34. The molecule has 0 radical (unpaired) electrons. The van der Waals surface area contributed by atoms with Crippen LogP contribution in [0.25, 0.3) is 23.4 Å². The van der Waals surface area contributed by atoms with Crippen LogP contribution in [-0.4, -0.2) is 18.1 Å². The van der Waals surface area contributed by atoms with Gasteiger partial charge >= 0.3 is 0 Å². The SMILES string of the molecule is Cc1ccc(-c2csc(/C=C/c3ccc(N4CCCCC4)cc3)n2)cc1. The van der Waals surface area contributed by atoms with Gasteiger partial charge in [-0.3, -0.25) is 0 Å². The average Bonchev–Trinajstić information content (AvgIpc) is 3.17. The van der Waals surface area contributed by atoms with Gasteiger partial charge in [0.1, 0.15) is 5.01 Å². The molecule has 1 aromatic heterocycles. The van der Waals surface area contributed by atoms with Gasteiger partial charge in [0.25, 0.3) is 0 Å². The Morgan fingerprint density at radius 1 is 0.885 bits per heavy atom. The highest BCUT2D eigenvalue weighted by molar-refractivity contribution is 7.10. The standard InChI is InChI=1S/C23H24N2S/c1-18-5-10-20(11-6-18)22-17-26-23(24-22)14-9-19-7-12-21(13-8-19)25-15-3-2-4-16-25/h5-14,17H,2-4,15-16H2,1H3/b14-9+. The van der Waals surface area contributed by atoms with Gasteiger partial charge in [0, 0.05) is 29.7 Å². The summed E-state index contributed by atoms with van der Waals surface area (Å²) in [5.74, 6) is 0. The van der Waals surface area contributed by atoms with Gasteiger partial charge in [-0.25, -0.2) is 4.98 Å². The summed E-state index contributed by atoms with van der Waals surface area (Å²) in [4.78, 5) is 7.23. The molecule has 1 aliphatic heterocycles. The number of rotatable bonds is 4. The molecule has 2 aromatic carbocycles. The molecule has 0 amide bonds. The van der Waals surface area contributed by atoms with Crippen LogP contribution in [0.3, 0.4) is 0 Å². The highest BCUT2D eigenvalue weighted by Crippen LogP contribution is 2.24. The van der Waals surface area contributed by atoms with Gasteiger partial charge in [-0.2, -0.15) is 0 Å². The molecule has 3 heteroatoms. The maximum Gasteiger partial charge on any atom is 0.116 e. The first-order valence-electron chi connectivity index (χ1n) is 9.34.